The van der Waals surface area contributed by atoms with Crippen molar-refractivity contribution in [2.45, 2.75) is 18.6 Å². The summed E-state index contributed by atoms with van der Waals surface area (Å²) >= 11 is 0. The van der Waals surface area contributed by atoms with Crippen LogP contribution < -0.4 is 9.80 Å². The lowest BCUT2D eigenvalue weighted by Crippen LogP contribution is -2.38. The van der Waals surface area contributed by atoms with Gasteiger partial charge in [0.1, 0.15) is 0 Å². The summed E-state index contributed by atoms with van der Waals surface area (Å²) in [7, 11) is 0. The number of benzene rings is 1. The molecule has 4 aliphatic rings. The van der Waals surface area contributed by atoms with Crippen molar-refractivity contribution in [3.05, 3.63) is 36.4 Å². The first kappa shape index (κ1) is 15.1. The summed E-state index contributed by atoms with van der Waals surface area (Å²) in [5.41, 5.74) is 1.08. The van der Waals surface area contributed by atoms with E-state index in [1.165, 1.54) is 4.90 Å². The fourth-order valence-electron chi connectivity index (χ4n) is 4.54. The molecule has 0 aromatic heterocycles. The number of carbonyl (C=O) groups excluding carboxylic acids is 2. The third kappa shape index (κ3) is 2.04. The second-order valence-electron chi connectivity index (χ2n) is 7.26. The van der Waals surface area contributed by atoms with Gasteiger partial charge in [0.2, 0.25) is 11.8 Å². The van der Waals surface area contributed by atoms with E-state index in [-0.39, 0.29) is 23.8 Å². The minimum Gasteiger partial charge on any atom is -0.378 e. The van der Waals surface area contributed by atoms with Gasteiger partial charge in [0, 0.05) is 18.8 Å². The van der Waals surface area contributed by atoms with Crippen molar-refractivity contribution in [3.63, 3.8) is 0 Å². The standard InChI is InChI=1S/C19H20N2O4/c1-19-7-6-14(25-19)15-16(19)18(23)21(17(15)22)13-4-2-12(3-5-13)20-8-10-24-11-9-20/h2-7,14-16H,8-11H2,1H3/t14-,15+,16+,19+/m1/s1. The van der Waals surface area contributed by atoms with Crippen molar-refractivity contribution in [1.82, 2.24) is 0 Å². The molecule has 2 amide bonds. The number of anilines is 2. The lowest BCUT2D eigenvalue weighted by molar-refractivity contribution is -0.126. The highest BCUT2D eigenvalue weighted by molar-refractivity contribution is 6.23. The summed E-state index contributed by atoms with van der Waals surface area (Å²) in [6.45, 7) is 5.05. The molecule has 0 spiro atoms. The second-order valence-corrected chi connectivity index (χ2v) is 7.26. The van der Waals surface area contributed by atoms with Crippen LogP contribution in [-0.2, 0) is 19.1 Å². The van der Waals surface area contributed by atoms with E-state index in [0.29, 0.717) is 5.69 Å². The van der Waals surface area contributed by atoms with Crippen molar-refractivity contribution in [2.24, 2.45) is 11.8 Å². The normalized spacial score (nSPS) is 36.4. The Balaban J connectivity index is 1.42. The SMILES string of the molecule is C[C@@]12C=C[C@@H](O1)[C@@H]1C(=O)N(c3ccc(N4CCOCC4)cc3)C(=O)[C@H]12. The number of rotatable bonds is 2. The fraction of sp³-hybridized carbons (Fsp3) is 0.474. The van der Waals surface area contributed by atoms with E-state index in [4.69, 9.17) is 9.47 Å². The first-order chi connectivity index (χ1) is 12.1. The molecule has 5 rings (SSSR count). The first-order valence-corrected chi connectivity index (χ1v) is 8.76. The zero-order chi connectivity index (χ0) is 17.2. The van der Waals surface area contributed by atoms with Gasteiger partial charge in [0.15, 0.2) is 0 Å². The molecule has 4 atom stereocenters. The van der Waals surface area contributed by atoms with Crippen LogP contribution in [0.3, 0.4) is 0 Å². The molecule has 130 valence electrons. The Morgan fingerprint density at radius 1 is 1.04 bits per heavy atom. The summed E-state index contributed by atoms with van der Waals surface area (Å²) in [6, 6.07) is 7.67. The zero-order valence-corrected chi connectivity index (χ0v) is 14.1. The maximum Gasteiger partial charge on any atom is 0.241 e. The third-order valence-corrected chi connectivity index (χ3v) is 5.81. The van der Waals surface area contributed by atoms with E-state index in [1.54, 1.807) is 0 Å². The monoisotopic (exact) mass is 340 g/mol. The van der Waals surface area contributed by atoms with Crippen LogP contribution in [0.5, 0.6) is 0 Å². The van der Waals surface area contributed by atoms with E-state index in [0.717, 1.165) is 32.0 Å². The molecule has 6 heteroatoms. The summed E-state index contributed by atoms with van der Waals surface area (Å²) in [6.07, 6.45) is 3.57. The van der Waals surface area contributed by atoms with Crippen LogP contribution in [0.4, 0.5) is 11.4 Å². The Morgan fingerprint density at radius 3 is 2.40 bits per heavy atom. The number of fused-ring (bicyclic) bond motifs is 5. The van der Waals surface area contributed by atoms with Crippen LogP contribution in [-0.4, -0.2) is 49.8 Å². The van der Waals surface area contributed by atoms with Gasteiger partial charge < -0.3 is 14.4 Å². The molecule has 0 radical (unpaired) electrons. The summed E-state index contributed by atoms with van der Waals surface area (Å²) in [5, 5.41) is 0. The Bertz CT molecular complexity index is 768. The first-order valence-electron chi connectivity index (χ1n) is 8.76. The maximum absolute atomic E-state index is 12.9. The van der Waals surface area contributed by atoms with Crippen molar-refractivity contribution < 1.29 is 19.1 Å². The van der Waals surface area contributed by atoms with Gasteiger partial charge in [-0.15, -0.1) is 0 Å². The molecule has 0 saturated carbocycles. The van der Waals surface area contributed by atoms with Gasteiger partial charge in [-0.05, 0) is 31.2 Å². The molecule has 4 aliphatic heterocycles. The van der Waals surface area contributed by atoms with Crippen molar-refractivity contribution >= 4 is 23.2 Å². The number of amides is 2. The van der Waals surface area contributed by atoms with Crippen LogP contribution in [0.25, 0.3) is 0 Å². The lowest BCUT2D eigenvalue weighted by atomic mass is 9.78. The lowest BCUT2D eigenvalue weighted by Gasteiger charge is -2.29. The van der Waals surface area contributed by atoms with Gasteiger partial charge >= 0.3 is 0 Å². The Labute approximate surface area is 146 Å². The number of carbonyl (C=O) groups is 2. The summed E-state index contributed by atoms with van der Waals surface area (Å²) in [4.78, 5) is 29.4. The van der Waals surface area contributed by atoms with Gasteiger partial charge in [-0.3, -0.25) is 9.59 Å². The molecule has 25 heavy (non-hydrogen) atoms. The predicted molar refractivity (Wildman–Crippen MR) is 91.4 cm³/mol. The molecule has 1 aromatic carbocycles. The summed E-state index contributed by atoms with van der Waals surface area (Å²) in [5.74, 6) is -1.09. The van der Waals surface area contributed by atoms with E-state index >= 15 is 0 Å². The highest BCUT2D eigenvalue weighted by Gasteiger charge is 2.66. The van der Waals surface area contributed by atoms with Crippen LogP contribution in [0.15, 0.2) is 36.4 Å². The van der Waals surface area contributed by atoms with Crippen molar-refractivity contribution in [2.75, 3.05) is 36.1 Å². The molecule has 0 unspecified atom stereocenters. The molecule has 0 aliphatic carbocycles. The Kier molecular flexibility index (Phi) is 3.12. The Hall–Kier alpha value is -2.18. The van der Waals surface area contributed by atoms with Gasteiger partial charge in [-0.2, -0.15) is 0 Å². The van der Waals surface area contributed by atoms with Crippen molar-refractivity contribution in [3.8, 4) is 0 Å². The number of imide groups is 1. The molecule has 1 aromatic rings. The van der Waals surface area contributed by atoms with E-state index in [9.17, 15) is 9.59 Å². The van der Waals surface area contributed by atoms with Gasteiger partial charge in [-0.25, -0.2) is 4.90 Å². The molecular weight excluding hydrogens is 320 g/mol. The van der Waals surface area contributed by atoms with Gasteiger partial charge in [-0.1, -0.05) is 12.2 Å². The van der Waals surface area contributed by atoms with Crippen LogP contribution in [0, 0.1) is 11.8 Å². The zero-order valence-electron chi connectivity index (χ0n) is 14.1. The molecule has 4 heterocycles. The Morgan fingerprint density at radius 2 is 1.72 bits per heavy atom. The van der Waals surface area contributed by atoms with Crippen LogP contribution >= 0.6 is 0 Å². The third-order valence-electron chi connectivity index (χ3n) is 5.81. The smallest absolute Gasteiger partial charge is 0.241 e. The highest BCUT2D eigenvalue weighted by Crippen LogP contribution is 2.52. The highest BCUT2D eigenvalue weighted by atomic mass is 16.5. The minimum absolute atomic E-state index is 0.146. The largest absolute Gasteiger partial charge is 0.378 e. The minimum atomic E-state index is -0.648. The maximum atomic E-state index is 12.9. The second kappa shape index (κ2) is 5.16. The van der Waals surface area contributed by atoms with E-state index in [1.807, 2.05) is 43.3 Å². The average molecular weight is 340 g/mol. The van der Waals surface area contributed by atoms with E-state index < -0.39 is 11.5 Å². The molecule has 6 nitrogen and oxygen atoms in total. The quantitative estimate of drug-likeness (QED) is 0.601. The van der Waals surface area contributed by atoms with E-state index in [2.05, 4.69) is 4.90 Å². The molecule has 2 bridgehead atoms. The predicted octanol–water partition coefficient (Wildman–Crippen LogP) is 1.36. The molecule has 3 fully saturated rings. The number of hydrogen-bond donors (Lipinski definition) is 0. The van der Waals surface area contributed by atoms with Gasteiger partial charge in [0.05, 0.1) is 42.4 Å². The van der Waals surface area contributed by atoms with Crippen molar-refractivity contribution in [1.29, 1.82) is 0 Å². The van der Waals surface area contributed by atoms with Crippen LogP contribution in [0.2, 0.25) is 0 Å². The number of ether oxygens (including phenoxy) is 2. The number of morpholine rings is 1. The number of hydrogen-bond acceptors (Lipinski definition) is 5. The molecule has 0 N–H and O–H groups in total. The average Bonchev–Trinajstić information content (AvgIpc) is 3.25. The molecule has 3 saturated heterocycles. The van der Waals surface area contributed by atoms with Gasteiger partial charge in [0.25, 0.3) is 0 Å². The summed E-state index contributed by atoms with van der Waals surface area (Å²) < 4.78 is 11.2. The topological polar surface area (TPSA) is 59.1 Å². The number of nitrogens with zero attached hydrogens (tertiary/aromatic N) is 2. The molecular formula is C19H20N2O4. The van der Waals surface area contributed by atoms with Crippen LogP contribution in [0.1, 0.15) is 6.92 Å². The fourth-order valence-corrected chi connectivity index (χ4v) is 4.54.